The Kier molecular flexibility index (Phi) is 10.3. The second-order valence-corrected chi connectivity index (χ2v) is 9.15. The van der Waals surface area contributed by atoms with Crippen LogP contribution >= 0.6 is 0 Å². The highest BCUT2D eigenvalue weighted by Crippen LogP contribution is 2.26. The molecule has 4 nitrogen and oxygen atoms in total. The third-order valence-corrected chi connectivity index (χ3v) is 6.40. The molecule has 4 heteroatoms. The lowest BCUT2D eigenvalue weighted by Gasteiger charge is -2.16. The number of carbonyl (C=O) groups is 1. The van der Waals surface area contributed by atoms with E-state index in [2.05, 4.69) is 30.5 Å². The molecule has 182 valence electrons. The molecular weight excluding hydrogens is 422 g/mol. The highest BCUT2D eigenvalue weighted by atomic mass is 16.5. The van der Waals surface area contributed by atoms with Crippen LogP contribution in [0.15, 0.2) is 66.7 Å². The number of carboxylic acid groups (broad SMARTS) is 1. The molecule has 1 N–H and O–H groups in total. The van der Waals surface area contributed by atoms with Gasteiger partial charge in [0.25, 0.3) is 0 Å². The van der Waals surface area contributed by atoms with Crippen LogP contribution in [-0.4, -0.2) is 21.7 Å². The fourth-order valence-electron chi connectivity index (χ4n) is 4.40. The molecule has 0 bridgehead atoms. The summed E-state index contributed by atoms with van der Waals surface area (Å²) in [6.45, 7) is 5.45. The second kappa shape index (κ2) is 13.6. The summed E-state index contributed by atoms with van der Waals surface area (Å²) in [7, 11) is 0. The molecule has 2 aromatic carbocycles. The van der Waals surface area contributed by atoms with Gasteiger partial charge in [0.05, 0.1) is 0 Å². The van der Waals surface area contributed by atoms with Gasteiger partial charge in [-0.05, 0) is 60.9 Å². The summed E-state index contributed by atoms with van der Waals surface area (Å²) in [5.41, 5.74) is 4.54. The van der Waals surface area contributed by atoms with Crippen LogP contribution in [0, 0.1) is 6.92 Å². The average molecular weight is 462 g/mol. The number of aromatic nitrogens is 1. The Balaban J connectivity index is 1.56. The highest BCUT2D eigenvalue weighted by Gasteiger charge is 2.20. The maximum atomic E-state index is 11.7. The minimum absolute atomic E-state index is 0.332. The number of rotatable bonds is 15. The van der Waals surface area contributed by atoms with Crippen LogP contribution in [0.4, 0.5) is 0 Å². The Labute approximate surface area is 204 Å². The first-order valence-electron chi connectivity index (χ1n) is 12.8. The zero-order valence-electron chi connectivity index (χ0n) is 20.7. The summed E-state index contributed by atoms with van der Waals surface area (Å²) in [4.78, 5) is 11.7. The summed E-state index contributed by atoms with van der Waals surface area (Å²) >= 11 is 0. The first-order chi connectivity index (χ1) is 16.6. The average Bonchev–Trinajstić information content (AvgIpc) is 3.21. The Bertz CT molecular complexity index is 992. The van der Waals surface area contributed by atoms with Crippen molar-refractivity contribution in [1.29, 1.82) is 0 Å². The zero-order chi connectivity index (χ0) is 24.2. The number of hydrogen-bond acceptors (Lipinski definition) is 2. The molecule has 0 aliphatic rings. The van der Waals surface area contributed by atoms with Gasteiger partial charge in [-0.3, -0.25) is 0 Å². The molecule has 1 atom stereocenters. The number of ether oxygens (including phenoxy) is 1. The van der Waals surface area contributed by atoms with Crippen LogP contribution in [-0.2, 0) is 17.8 Å². The van der Waals surface area contributed by atoms with Gasteiger partial charge in [-0.25, -0.2) is 4.79 Å². The van der Waals surface area contributed by atoms with E-state index in [0.717, 1.165) is 17.7 Å². The molecule has 0 unspecified atom stereocenters. The number of aryl methyl sites for hydroxylation is 1. The molecule has 1 heterocycles. The van der Waals surface area contributed by atoms with Crippen LogP contribution in [0.5, 0.6) is 5.75 Å². The van der Waals surface area contributed by atoms with E-state index in [1.165, 1.54) is 62.8 Å². The fraction of sp³-hybridized carbons (Fsp3) is 0.433. The third kappa shape index (κ3) is 7.79. The molecule has 3 rings (SSSR count). The highest BCUT2D eigenvalue weighted by molar-refractivity contribution is 5.73. The van der Waals surface area contributed by atoms with E-state index in [1.807, 2.05) is 54.6 Å². The minimum Gasteiger partial charge on any atom is -0.478 e. The van der Waals surface area contributed by atoms with Gasteiger partial charge in [-0.1, -0.05) is 82.2 Å². The van der Waals surface area contributed by atoms with Crippen molar-refractivity contribution in [3.8, 4) is 17.0 Å². The Morgan fingerprint density at radius 2 is 1.50 bits per heavy atom. The number of unbranched alkanes of at least 4 members (excludes halogenated alkanes) is 7. The molecular formula is C30H39NO3. The topological polar surface area (TPSA) is 51.5 Å². The molecule has 0 saturated carbocycles. The van der Waals surface area contributed by atoms with Gasteiger partial charge in [0.15, 0.2) is 6.10 Å². The maximum absolute atomic E-state index is 11.7. The van der Waals surface area contributed by atoms with E-state index in [4.69, 9.17) is 4.74 Å². The number of hydrogen-bond donors (Lipinski definition) is 1. The third-order valence-electron chi connectivity index (χ3n) is 6.40. The van der Waals surface area contributed by atoms with Crippen molar-refractivity contribution in [2.45, 2.75) is 84.3 Å². The second-order valence-electron chi connectivity index (χ2n) is 9.15. The lowest BCUT2D eigenvalue weighted by atomic mass is 10.1. The molecule has 0 amide bonds. The lowest BCUT2D eigenvalue weighted by molar-refractivity contribution is -0.145. The van der Waals surface area contributed by atoms with Crippen molar-refractivity contribution >= 4 is 5.97 Å². The van der Waals surface area contributed by atoms with E-state index in [1.54, 1.807) is 0 Å². The van der Waals surface area contributed by atoms with Gasteiger partial charge in [-0.15, -0.1) is 0 Å². The maximum Gasteiger partial charge on any atom is 0.345 e. The standard InChI is InChI=1S/C30H39NO3/c1-3-4-5-6-7-8-9-13-22-31-24(2)16-21-28(31)26-17-19-27(20-18-26)34-29(30(32)33)23-25-14-11-10-12-15-25/h10-12,14-21,29H,3-9,13,22-23H2,1-2H3,(H,32,33)/t29-/m1/s1. The van der Waals surface area contributed by atoms with Crippen LogP contribution in [0.1, 0.15) is 69.5 Å². The first kappa shape index (κ1) is 25.6. The Morgan fingerprint density at radius 1 is 0.853 bits per heavy atom. The van der Waals surface area contributed by atoms with Crippen molar-refractivity contribution in [1.82, 2.24) is 4.57 Å². The van der Waals surface area contributed by atoms with Crippen LogP contribution < -0.4 is 4.74 Å². The summed E-state index contributed by atoms with van der Waals surface area (Å²) < 4.78 is 8.22. The fourth-order valence-corrected chi connectivity index (χ4v) is 4.40. The van der Waals surface area contributed by atoms with Gasteiger partial charge in [-0.2, -0.15) is 0 Å². The van der Waals surface area contributed by atoms with Crippen molar-refractivity contribution in [2.24, 2.45) is 0 Å². The van der Waals surface area contributed by atoms with Crippen LogP contribution in [0.3, 0.4) is 0 Å². The van der Waals surface area contributed by atoms with Crippen LogP contribution in [0.2, 0.25) is 0 Å². The van der Waals surface area contributed by atoms with Gasteiger partial charge in [0.1, 0.15) is 5.75 Å². The van der Waals surface area contributed by atoms with Crippen molar-refractivity contribution in [3.63, 3.8) is 0 Å². The van der Waals surface area contributed by atoms with E-state index in [0.29, 0.717) is 12.2 Å². The number of carboxylic acids is 1. The molecule has 34 heavy (non-hydrogen) atoms. The van der Waals surface area contributed by atoms with E-state index in [-0.39, 0.29) is 0 Å². The SMILES string of the molecule is CCCCCCCCCCn1c(C)ccc1-c1ccc(O[C@H](Cc2ccccc2)C(=O)O)cc1. The number of benzene rings is 2. The van der Waals surface area contributed by atoms with Crippen molar-refractivity contribution < 1.29 is 14.6 Å². The summed E-state index contributed by atoms with van der Waals surface area (Å²) in [6, 6.07) is 21.7. The lowest BCUT2D eigenvalue weighted by Crippen LogP contribution is -2.29. The Morgan fingerprint density at radius 3 is 2.15 bits per heavy atom. The minimum atomic E-state index is -0.956. The van der Waals surface area contributed by atoms with Gasteiger partial charge < -0.3 is 14.4 Å². The van der Waals surface area contributed by atoms with E-state index < -0.39 is 12.1 Å². The molecule has 3 aromatic rings. The quantitative estimate of drug-likeness (QED) is 0.236. The zero-order valence-corrected chi connectivity index (χ0v) is 20.7. The summed E-state index contributed by atoms with van der Waals surface area (Å²) in [6.07, 6.45) is 9.95. The molecule has 1 aromatic heterocycles. The van der Waals surface area contributed by atoms with Crippen molar-refractivity contribution in [2.75, 3.05) is 0 Å². The molecule has 0 saturated heterocycles. The molecule has 0 fully saturated rings. The predicted octanol–water partition coefficient (Wildman–Crippen LogP) is 7.68. The normalized spacial score (nSPS) is 11.9. The monoisotopic (exact) mass is 461 g/mol. The molecule has 0 radical (unpaired) electrons. The van der Waals surface area contributed by atoms with Gasteiger partial charge in [0, 0.05) is 24.4 Å². The number of nitrogens with zero attached hydrogens (tertiary/aromatic N) is 1. The van der Waals surface area contributed by atoms with E-state index >= 15 is 0 Å². The first-order valence-corrected chi connectivity index (χ1v) is 12.8. The largest absolute Gasteiger partial charge is 0.478 e. The van der Waals surface area contributed by atoms with Crippen molar-refractivity contribution in [3.05, 3.63) is 78.0 Å². The Hall–Kier alpha value is -3.01. The smallest absolute Gasteiger partial charge is 0.345 e. The van der Waals surface area contributed by atoms with Gasteiger partial charge in [0.2, 0.25) is 0 Å². The number of aliphatic carboxylic acids is 1. The summed E-state index contributed by atoms with van der Waals surface area (Å²) in [5, 5.41) is 9.61. The van der Waals surface area contributed by atoms with Gasteiger partial charge >= 0.3 is 5.97 Å². The van der Waals surface area contributed by atoms with Crippen LogP contribution in [0.25, 0.3) is 11.3 Å². The predicted molar refractivity (Wildman–Crippen MR) is 139 cm³/mol. The molecule has 0 aliphatic heterocycles. The van der Waals surface area contributed by atoms with E-state index in [9.17, 15) is 9.90 Å². The summed E-state index contributed by atoms with van der Waals surface area (Å²) in [5.74, 6) is -0.382. The molecule has 0 aliphatic carbocycles. The molecule has 0 spiro atoms.